The first-order valence-electron chi connectivity index (χ1n) is 8.83. The molecule has 0 unspecified atom stereocenters. The predicted octanol–water partition coefficient (Wildman–Crippen LogP) is 1.88. The molecular formula is C18H26N4O2S. The summed E-state index contributed by atoms with van der Waals surface area (Å²) in [6.45, 7) is 4.74. The van der Waals surface area contributed by atoms with Gasteiger partial charge in [-0.1, -0.05) is 0 Å². The number of hydrogen-bond acceptors (Lipinski definition) is 5. The third-order valence-corrected chi connectivity index (χ3v) is 5.75. The molecule has 2 aliphatic heterocycles. The Bertz CT molecular complexity index is 636. The van der Waals surface area contributed by atoms with Gasteiger partial charge >= 0.3 is 0 Å². The number of likely N-dealkylation sites (tertiary alicyclic amines) is 2. The molecule has 6 nitrogen and oxygen atoms in total. The number of hydrogen-bond donors (Lipinski definition) is 0. The van der Waals surface area contributed by atoms with Gasteiger partial charge in [0.05, 0.1) is 29.9 Å². The van der Waals surface area contributed by atoms with Crippen molar-refractivity contribution in [3.05, 3.63) is 23.8 Å². The Morgan fingerprint density at radius 3 is 2.84 bits per heavy atom. The first kappa shape index (κ1) is 18.2. The van der Waals surface area contributed by atoms with Gasteiger partial charge in [-0.3, -0.25) is 19.6 Å². The fourth-order valence-electron chi connectivity index (χ4n) is 3.91. The highest BCUT2D eigenvalue weighted by Crippen LogP contribution is 2.39. The quantitative estimate of drug-likeness (QED) is 0.818. The topological polar surface area (TPSA) is 66.4 Å². The molecule has 0 bridgehead atoms. The van der Waals surface area contributed by atoms with Crippen LogP contribution in [0.25, 0.3) is 0 Å². The van der Waals surface area contributed by atoms with E-state index in [0.29, 0.717) is 25.3 Å². The van der Waals surface area contributed by atoms with Crippen molar-refractivity contribution < 1.29 is 9.59 Å². The monoisotopic (exact) mass is 362 g/mol. The summed E-state index contributed by atoms with van der Waals surface area (Å²) in [6, 6.07) is 0. The van der Waals surface area contributed by atoms with Crippen LogP contribution in [0.3, 0.4) is 0 Å². The standard InChI is InChI=1S/C18H26N4O2S/c1-14-8-20-15(9-19-14)10-22-13-18(6-4-16(22)23)5-3-7-21(12-18)17(24)11-25-2/h8-9H,3-7,10-13H2,1-2H3/t18-/m1/s1. The second-order valence-electron chi connectivity index (χ2n) is 7.25. The summed E-state index contributed by atoms with van der Waals surface area (Å²) < 4.78 is 0. The van der Waals surface area contributed by atoms with E-state index in [0.717, 1.165) is 43.7 Å². The van der Waals surface area contributed by atoms with Crippen molar-refractivity contribution >= 4 is 23.6 Å². The van der Waals surface area contributed by atoms with Crippen LogP contribution in [0, 0.1) is 12.3 Å². The highest BCUT2D eigenvalue weighted by molar-refractivity contribution is 7.99. The van der Waals surface area contributed by atoms with Crippen LogP contribution in [0.1, 0.15) is 37.1 Å². The van der Waals surface area contributed by atoms with Crippen LogP contribution in [0.2, 0.25) is 0 Å². The lowest BCUT2D eigenvalue weighted by Crippen LogP contribution is -2.55. The normalized spacial score (nSPS) is 24.0. The Balaban J connectivity index is 1.69. The van der Waals surface area contributed by atoms with Gasteiger partial charge in [0.15, 0.2) is 0 Å². The van der Waals surface area contributed by atoms with Gasteiger partial charge in [0.1, 0.15) is 0 Å². The summed E-state index contributed by atoms with van der Waals surface area (Å²) in [5.74, 6) is 0.942. The molecule has 3 heterocycles. The molecule has 0 aromatic carbocycles. The van der Waals surface area contributed by atoms with Gasteiger partial charge in [0, 0.05) is 37.7 Å². The fraction of sp³-hybridized carbons (Fsp3) is 0.667. The SMILES string of the molecule is CSCC(=O)N1CCC[C@@]2(CCC(=O)N(Cc3cnc(C)cn3)C2)C1. The van der Waals surface area contributed by atoms with E-state index in [1.54, 1.807) is 24.2 Å². The van der Waals surface area contributed by atoms with Crippen LogP contribution in [-0.4, -0.2) is 63.2 Å². The molecular weight excluding hydrogens is 336 g/mol. The molecule has 0 radical (unpaired) electrons. The summed E-state index contributed by atoms with van der Waals surface area (Å²) >= 11 is 1.57. The Labute approximate surface area is 153 Å². The van der Waals surface area contributed by atoms with Crippen molar-refractivity contribution in [2.45, 2.75) is 39.2 Å². The van der Waals surface area contributed by atoms with E-state index >= 15 is 0 Å². The lowest BCUT2D eigenvalue weighted by Gasteiger charge is -2.48. The van der Waals surface area contributed by atoms with Gasteiger partial charge in [0.2, 0.25) is 11.8 Å². The Morgan fingerprint density at radius 1 is 1.28 bits per heavy atom. The zero-order valence-corrected chi connectivity index (χ0v) is 15.8. The third kappa shape index (κ3) is 4.32. The van der Waals surface area contributed by atoms with Crippen molar-refractivity contribution in [1.29, 1.82) is 0 Å². The van der Waals surface area contributed by atoms with E-state index < -0.39 is 0 Å². The largest absolute Gasteiger partial charge is 0.341 e. The molecule has 1 spiro atoms. The minimum absolute atomic E-state index is 0.0400. The van der Waals surface area contributed by atoms with E-state index in [1.807, 2.05) is 23.0 Å². The lowest BCUT2D eigenvalue weighted by atomic mass is 9.73. The lowest BCUT2D eigenvalue weighted by molar-refractivity contribution is -0.142. The van der Waals surface area contributed by atoms with Crippen molar-refractivity contribution in [3.63, 3.8) is 0 Å². The van der Waals surface area contributed by atoms with Crippen LogP contribution in [0.4, 0.5) is 0 Å². The maximum Gasteiger partial charge on any atom is 0.232 e. The van der Waals surface area contributed by atoms with Crippen molar-refractivity contribution in [1.82, 2.24) is 19.8 Å². The zero-order valence-electron chi connectivity index (χ0n) is 15.0. The van der Waals surface area contributed by atoms with Crippen molar-refractivity contribution in [3.8, 4) is 0 Å². The molecule has 2 fully saturated rings. The summed E-state index contributed by atoms with van der Waals surface area (Å²) in [6.07, 6.45) is 8.99. The highest BCUT2D eigenvalue weighted by atomic mass is 32.2. The molecule has 2 amide bonds. The third-order valence-electron chi connectivity index (χ3n) is 5.22. The first-order valence-corrected chi connectivity index (χ1v) is 10.2. The van der Waals surface area contributed by atoms with Crippen LogP contribution in [0.15, 0.2) is 12.4 Å². The molecule has 25 heavy (non-hydrogen) atoms. The average Bonchev–Trinajstić information content (AvgIpc) is 2.61. The van der Waals surface area contributed by atoms with Gasteiger partial charge in [-0.25, -0.2) is 0 Å². The first-order chi connectivity index (χ1) is 12.0. The molecule has 1 atom stereocenters. The number of piperidine rings is 2. The summed E-state index contributed by atoms with van der Waals surface area (Å²) in [5, 5.41) is 0. The van der Waals surface area contributed by atoms with E-state index in [4.69, 9.17) is 0 Å². The molecule has 1 aromatic rings. The van der Waals surface area contributed by atoms with Gasteiger partial charge in [-0.15, -0.1) is 0 Å². The van der Waals surface area contributed by atoms with E-state index in [-0.39, 0.29) is 17.2 Å². The van der Waals surface area contributed by atoms with Crippen LogP contribution in [0.5, 0.6) is 0 Å². The van der Waals surface area contributed by atoms with Gasteiger partial charge < -0.3 is 9.80 Å². The number of nitrogens with zero attached hydrogens (tertiary/aromatic N) is 4. The summed E-state index contributed by atoms with van der Waals surface area (Å²) in [7, 11) is 0. The molecule has 2 aliphatic rings. The van der Waals surface area contributed by atoms with Gasteiger partial charge in [-0.2, -0.15) is 11.8 Å². The second kappa shape index (κ2) is 7.72. The number of amides is 2. The van der Waals surface area contributed by atoms with Crippen LogP contribution >= 0.6 is 11.8 Å². The molecule has 2 saturated heterocycles. The second-order valence-corrected chi connectivity index (χ2v) is 8.12. The number of carbonyl (C=O) groups is 2. The Hall–Kier alpha value is -1.63. The van der Waals surface area contributed by atoms with Gasteiger partial charge in [0.25, 0.3) is 0 Å². The van der Waals surface area contributed by atoms with E-state index in [1.165, 1.54) is 0 Å². The number of aryl methyl sites for hydroxylation is 1. The average molecular weight is 362 g/mol. The van der Waals surface area contributed by atoms with E-state index in [9.17, 15) is 9.59 Å². The van der Waals surface area contributed by atoms with E-state index in [2.05, 4.69) is 9.97 Å². The molecule has 0 N–H and O–H groups in total. The minimum atomic E-state index is 0.0400. The molecule has 1 aromatic heterocycles. The molecule has 136 valence electrons. The van der Waals surface area contributed by atoms with Gasteiger partial charge in [-0.05, 0) is 32.4 Å². The maximum atomic E-state index is 12.4. The Morgan fingerprint density at radius 2 is 2.12 bits per heavy atom. The number of thioether (sulfide) groups is 1. The highest BCUT2D eigenvalue weighted by Gasteiger charge is 2.42. The van der Waals surface area contributed by atoms with Crippen LogP contribution in [-0.2, 0) is 16.1 Å². The summed E-state index contributed by atoms with van der Waals surface area (Å²) in [4.78, 5) is 37.3. The fourth-order valence-corrected chi connectivity index (χ4v) is 4.34. The molecule has 0 saturated carbocycles. The predicted molar refractivity (Wildman–Crippen MR) is 98.0 cm³/mol. The number of aromatic nitrogens is 2. The molecule has 0 aliphatic carbocycles. The number of rotatable bonds is 4. The van der Waals surface area contributed by atoms with Crippen molar-refractivity contribution in [2.24, 2.45) is 5.41 Å². The molecule has 3 rings (SSSR count). The smallest absolute Gasteiger partial charge is 0.232 e. The van der Waals surface area contributed by atoms with Crippen molar-refractivity contribution in [2.75, 3.05) is 31.6 Å². The number of carbonyl (C=O) groups excluding carboxylic acids is 2. The molecule has 7 heteroatoms. The minimum Gasteiger partial charge on any atom is -0.341 e. The zero-order chi connectivity index (χ0) is 17.9. The van der Waals surface area contributed by atoms with Crippen LogP contribution < -0.4 is 0 Å². The maximum absolute atomic E-state index is 12.4. The summed E-state index contributed by atoms with van der Waals surface area (Å²) in [5.41, 5.74) is 1.74. The Kier molecular flexibility index (Phi) is 5.61.